The van der Waals surface area contributed by atoms with E-state index in [9.17, 15) is 4.79 Å². The molecule has 1 rings (SSSR count). The Hall–Kier alpha value is -1.42. The van der Waals surface area contributed by atoms with Gasteiger partial charge in [0.25, 0.3) is 0 Å². The van der Waals surface area contributed by atoms with Crippen molar-refractivity contribution in [1.29, 1.82) is 0 Å². The van der Waals surface area contributed by atoms with Gasteiger partial charge in [0, 0.05) is 19.2 Å². The Balaban J connectivity index is 2.68. The van der Waals surface area contributed by atoms with Gasteiger partial charge in [-0.05, 0) is 25.1 Å². The summed E-state index contributed by atoms with van der Waals surface area (Å²) in [5.74, 6) is 0.367. The van der Waals surface area contributed by atoms with Gasteiger partial charge in [-0.2, -0.15) is 0 Å². The Kier molecular flexibility index (Phi) is 4.24. The third-order valence-corrected chi connectivity index (χ3v) is 2.13. The highest BCUT2D eigenvalue weighted by molar-refractivity contribution is 6.00. The number of pyridine rings is 1. The van der Waals surface area contributed by atoms with Crippen LogP contribution >= 0.6 is 0 Å². The summed E-state index contributed by atoms with van der Waals surface area (Å²) in [6.07, 6.45) is 2.12. The van der Waals surface area contributed by atoms with Crippen LogP contribution in [0.15, 0.2) is 12.3 Å². The minimum atomic E-state index is 0.0460. The van der Waals surface area contributed by atoms with Crippen LogP contribution in [0.5, 0.6) is 0 Å². The van der Waals surface area contributed by atoms with Gasteiger partial charge in [0.2, 0.25) is 0 Å². The fourth-order valence-corrected chi connectivity index (χ4v) is 1.32. The normalized spacial score (nSPS) is 10.3. The fraction of sp³-hybridized carbons (Fsp3) is 0.455. The Bertz CT molecular complexity index is 350. The van der Waals surface area contributed by atoms with E-state index < -0.39 is 0 Å². The maximum absolute atomic E-state index is 11.7. The average Bonchev–Trinajstić information content (AvgIpc) is 2.22. The van der Waals surface area contributed by atoms with E-state index in [-0.39, 0.29) is 5.78 Å². The van der Waals surface area contributed by atoms with E-state index in [1.165, 1.54) is 0 Å². The fourth-order valence-electron chi connectivity index (χ4n) is 1.32. The van der Waals surface area contributed by atoms with Crippen molar-refractivity contribution in [3.63, 3.8) is 0 Å². The lowest BCUT2D eigenvalue weighted by atomic mass is 10.1. The highest BCUT2D eigenvalue weighted by atomic mass is 16.1. The molecule has 0 fully saturated rings. The Morgan fingerprint density at radius 3 is 3.00 bits per heavy atom. The number of rotatable bonds is 5. The van der Waals surface area contributed by atoms with Gasteiger partial charge in [0.1, 0.15) is 5.82 Å². The lowest BCUT2D eigenvalue weighted by Crippen LogP contribution is -2.18. The van der Waals surface area contributed by atoms with Crippen LogP contribution in [0.3, 0.4) is 0 Å². The monoisotopic (exact) mass is 207 g/mol. The number of aryl methyl sites for hydroxylation is 1. The van der Waals surface area contributed by atoms with Crippen molar-refractivity contribution in [3.05, 3.63) is 23.4 Å². The first kappa shape index (κ1) is 11.7. The van der Waals surface area contributed by atoms with E-state index in [0.717, 1.165) is 12.1 Å². The van der Waals surface area contributed by atoms with Crippen LogP contribution in [-0.4, -0.2) is 23.9 Å². The predicted octanol–water partition coefficient (Wildman–Crippen LogP) is 1.15. The molecule has 0 aliphatic carbocycles. The highest BCUT2D eigenvalue weighted by Gasteiger charge is 2.10. The second-order valence-electron chi connectivity index (χ2n) is 3.47. The van der Waals surface area contributed by atoms with E-state index in [1.54, 1.807) is 12.3 Å². The number of nitrogens with two attached hydrogens (primary N) is 1. The molecule has 1 aromatic rings. The van der Waals surface area contributed by atoms with Crippen molar-refractivity contribution in [3.8, 4) is 0 Å². The van der Waals surface area contributed by atoms with Crippen molar-refractivity contribution in [2.24, 2.45) is 0 Å². The lowest BCUT2D eigenvalue weighted by molar-refractivity contribution is 0.0983. The molecule has 0 aliphatic heterocycles. The van der Waals surface area contributed by atoms with E-state index in [1.807, 2.05) is 13.8 Å². The van der Waals surface area contributed by atoms with E-state index in [0.29, 0.717) is 24.3 Å². The number of nitrogens with zero attached hydrogens (tertiary/aromatic N) is 1. The SMILES string of the molecule is CCNCCC(=O)c1cc(C)cnc1N. The number of aromatic nitrogens is 1. The molecule has 0 amide bonds. The first-order chi connectivity index (χ1) is 7.15. The maximum atomic E-state index is 11.7. The smallest absolute Gasteiger partial charge is 0.167 e. The molecule has 0 atom stereocenters. The summed E-state index contributed by atoms with van der Waals surface area (Å²) in [6, 6.07) is 1.79. The molecule has 0 radical (unpaired) electrons. The van der Waals surface area contributed by atoms with Crippen LogP contribution in [0.4, 0.5) is 5.82 Å². The largest absolute Gasteiger partial charge is 0.383 e. The molecule has 0 saturated carbocycles. The van der Waals surface area contributed by atoms with Crippen LogP contribution in [0.2, 0.25) is 0 Å². The number of carbonyl (C=O) groups excluding carboxylic acids is 1. The van der Waals surface area contributed by atoms with Crippen LogP contribution in [-0.2, 0) is 0 Å². The van der Waals surface area contributed by atoms with Crippen molar-refractivity contribution >= 4 is 11.6 Å². The number of Topliss-reactive ketones (excluding diaryl/α,β-unsaturated/α-hetero) is 1. The van der Waals surface area contributed by atoms with E-state index >= 15 is 0 Å². The van der Waals surface area contributed by atoms with Gasteiger partial charge >= 0.3 is 0 Å². The molecule has 4 heteroatoms. The number of nitrogen functional groups attached to an aromatic ring is 1. The number of carbonyl (C=O) groups is 1. The van der Waals surface area contributed by atoms with Crippen LogP contribution in [0.1, 0.15) is 29.3 Å². The summed E-state index contributed by atoms with van der Waals surface area (Å²) in [7, 11) is 0. The van der Waals surface area contributed by atoms with E-state index in [4.69, 9.17) is 5.73 Å². The molecule has 0 spiro atoms. The molecule has 0 bridgehead atoms. The van der Waals surface area contributed by atoms with Crippen LogP contribution in [0, 0.1) is 6.92 Å². The minimum absolute atomic E-state index is 0.0460. The Morgan fingerprint density at radius 2 is 2.33 bits per heavy atom. The lowest BCUT2D eigenvalue weighted by Gasteiger charge is -2.05. The van der Waals surface area contributed by atoms with Crippen molar-refractivity contribution in [1.82, 2.24) is 10.3 Å². The van der Waals surface area contributed by atoms with Crippen molar-refractivity contribution in [2.45, 2.75) is 20.3 Å². The second-order valence-corrected chi connectivity index (χ2v) is 3.47. The first-order valence-electron chi connectivity index (χ1n) is 5.11. The molecule has 15 heavy (non-hydrogen) atoms. The summed E-state index contributed by atoms with van der Waals surface area (Å²) < 4.78 is 0. The number of ketones is 1. The van der Waals surface area contributed by atoms with Gasteiger partial charge in [-0.1, -0.05) is 6.92 Å². The molecule has 0 aliphatic rings. The topological polar surface area (TPSA) is 68.0 Å². The van der Waals surface area contributed by atoms with Crippen molar-refractivity contribution < 1.29 is 4.79 Å². The first-order valence-corrected chi connectivity index (χ1v) is 5.11. The summed E-state index contributed by atoms with van der Waals surface area (Å²) >= 11 is 0. The molecular formula is C11H17N3O. The molecule has 82 valence electrons. The molecule has 4 nitrogen and oxygen atoms in total. The molecular weight excluding hydrogens is 190 g/mol. The van der Waals surface area contributed by atoms with Gasteiger partial charge in [-0.3, -0.25) is 4.79 Å². The molecule has 3 N–H and O–H groups in total. The van der Waals surface area contributed by atoms with Crippen LogP contribution in [0.25, 0.3) is 0 Å². The molecule has 0 aromatic carbocycles. The maximum Gasteiger partial charge on any atom is 0.167 e. The number of nitrogens with one attached hydrogen (secondary N) is 1. The number of hydrogen-bond acceptors (Lipinski definition) is 4. The van der Waals surface area contributed by atoms with E-state index in [2.05, 4.69) is 10.3 Å². The van der Waals surface area contributed by atoms with Crippen molar-refractivity contribution in [2.75, 3.05) is 18.8 Å². The summed E-state index contributed by atoms with van der Waals surface area (Å²) in [5, 5.41) is 3.10. The Morgan fingerprint density at radius 1 is 1.60 bits per heavy atom. The standard InChI is InChI=1S/C11H17N3O/c1-3-13-5-4-10(15)9-6-8(2)7-14-11(9)12/h6-7,13H,3-5H2,1-2H3,(H2,12,14). The summed E-state index contributed by atoms with van der Waals surface area (Å²) in [6.45, 7) is 5.46. The number of hydrogen-bond donors (Lipinski definition) is 2. The molecule has 1 heterocycles. The minimum Gasteiger partial charge on any atom is -0.383 e. The third-order valence-electron chi connectivity index (χ3n) is 2.13. The molecule has 0 saturated heterocycles. The molecule has 1 aromatic heterocycles. The van der Waals surface area contributed by atoms with Crippen LogP contribution < -0.4 is 11.1 Å². The summed E-state index contributed by atoms with van der Waals surface area (Å²) in [4.78, 5) is 15.7. The third kappa shape index (κ3) is 3.32. The zero-order valence-corrected chi connectivity index (χ0v) is 9.21. The second kappa shape index (κ2) is 5.46. The summed E-state index contributed by atoms with van der Waals surface area (Å²) in [5.41, 5.74) is 7.13. The van der Waals surface area contributed by atoms with Gasteiger partial charge in [-0.15, -0.1) is 0 Å². The van der Waals surface area contributed by atoms with Gasteiger partial charge in [0.05, 0.1) is 5.56 Å². The molecule has 0 unspecified atom stereocenters. The Labute approximate surface area is 89.9 Å². The highest BCUT2D eigenvalue weighted by Crippen LogP contribution is 2.12. The average molecular weight is 207 g/mol. The predicted molar refractivity (Wildman–Crippen MR) is 60.9 cm³/mol. The quantitative estimate of drug-likeness (QED) is 0.561. The zero-order valence-electron chi connectivity index (χ0n) is 9.21. The van der Waals surface area contributed by atoms with Gasteiger partial charge in [0.15, 0.2) is 5.78 Å². The van der Waals surface area contributed by atoms with Gasteiger partial charge in [-0.25, -0.2) is 4.98 Å². The van der Waals surface area contributed by atoms with Gasteiger partial charge < -0.3 is 11.1 Å². The zero-order chi connectivity index (χ0) is 11.3. The number of anilines is 1.